The minimum Gasteiger partial charge on any atom is -0.384 e. The van der Waals surface area contributed by atoms with Crippen molar-refractivity contribution < 1.29 is 0 Å². The second-order valence-corrected chi connectivity index (χ2v) is 5.11. The Hall–Kier alpha value is -1.24. The number of anilines is 1. The summed E-state index contributed by atoms with van der Waals surface area (Å²) in [5.41, 5.74) is 1.39. The van der Waals surface area contributed by atoms with E-state index in [0.29, 0.717) is 16.5 Å². The summed E-state index contributed by atoms with van der Waals surface area (Å²) in [4.78, 5) is 2.45. The molecule has 4 heteroatoms. The van der Waals surface area contributed by atoms with Crippen LogP contribution in [0.15, 0.2) is 18.2 Å². The first-order valence-corrected chi connectivity index (χ1v) is 6.77. The maximum absolute atomic E-state index is 9.09. The fraction of sp³-hybridized carbons (Fsp3) is 0.500. The zero-order valence-corrected chi connectivity index (χ0v) is 11.4. The zero-order chi connectivity index (χ0) is 13.0. The lowest BCUT2D eigenvalue weighted by atomic mass is 10.1. The molecule has 1 aromatic carbocycles. The van der Waals surface area contributed by atoms with Crippen molar-refractivity contribution in [3.05, 3.63) is 28.8 Å². The Labute approximate surface area is 113 Å². The van der Waals surface area contributed by atoms with Gasteiger partial charge >= 0.3 is 0 Å². The lowest BCUT2D eigenvalue weighted by molar-refractivity contribution is 0.345. The Kier molecular flexibility index (Phi) is 4.46. The normalized spacial score (nSPS) is 19.7. The molecule has 1 aliphatic heterocycles. The van der Waals surface area contributed by atoms with Crippen LogP contribution in [0.5, 0.6) is 0 Å². The molecule has 0 aliphatic carbocycles. The molecule has 2 rings (SSSR count). The molecule has 1 fully saturated rings. The minimum absolute atomic E-state index is 0.518. The molecule has 1 aliphatic rings. The molecular formula is C14H18ClN3. The standard InChI is InChI=1S/C14H18ClN3/c1-2-18-7-6-11(10-18)9-17-14-5-3-4-13(15)12(14)8-16/h3-5,11,17H,2,6-7,9-10H2,1H3. The average molecular weight is 264 g/mol. The van der Waals surface area contributed by atoms with Crippen molar-refractivity contribution in [2.45, 2.75) is 13.3 Å². The summed E-state index contributed by atoms with van der Waals surface area (Å²) >= 11 is 6.00. The molecule has 0 bridgehead atoms. The average Bonchev–Trinajstić information content (AvgIpc) is 2.84. The predicted octanol–water partition coefficient (Wildman–Crippen LogP) is 2.97. The van der Waals surface area contributed by atoms with Crippen molar-refractivity contribution in [3.63, 3.8) is 0 Å². The molecule has 96 valence electrons. The number of hydrogen-bond acceptors (Lipinski definition) is 3. The molecule has 1 saturated heterocycles. The van der Waals surface area contributed by atoms with Crippen LogP contribution in [0.1, 0.15) is 18.9 Å². The van der Waals surface area contributed by atoms with E-state index < -0.39 is 0 Å². The summed E-state index contributed by atoms with van der Waals surface area (Å²) in [6.45, 7) is 6.55. The summed E-state index contributed by atoms with van der Waals surface area (Å²) in [6, 6.07) is 7.69. The third-order valence-corrected chi connectivity index (χ3v) is 3.84. The van der Waals surface area contributed by atoms with Crippen LogP contribution in [0.4, 0.5) is 5.69 Å². The van der Waals surface area contributed by atoms with Crippen LogP contribution in [-0.2, 0) is 0 Å². The molecule has 0 radical (unpaired) electrons. The highest BCUT2D eigenvalue weighted by Gasteiger charge is 2.21. The van der Waals surface area contributed by atoms with E-state index >= 15 is 0 Å². The highest BCUT2D eigenvalue weighted by atomic mass is 35.5. The summed E-state index contributed by atoms with van der Waals surface area (Å²) in [6.07, 6.45) is 1.23. The monoisotopic (exact) mass is 263 g/mol. The van der Waals surface area contributed by atoms with E-state index in [2.05, 4.69) is 23.2 Å². The topological polar surface area (TPSA) is 39.1 Å². The van der Waals surface area contributed by atoms with Crippen LogP contribution in [0.2, 0.25) is 5.02 Å². The number of nitriles is 1. The van der Waals surface area contributed by atoms with Gasteiger partial charge in [-0.25, -0.2) is 0 Å². The fourth-order valence-electron chi connectivity index (χ4n) is 2.41. The quantitative estimate of drug-likeness (QED) is 0.908. The van der Waals surface area contributed by atoms with Crippen LogP contribution in [-0.4, -0.2) is 31.1 Å². The SMILES string of the molecule is CCN1CCC(CNc2cccc(Cl)c2C#N)C1. The van der Waals surface area contributed by atoms with E-state index in [-0.39, 0.29) is 0 Å². The van der Waals surface area contributed by atoms with Crippen LogP contribution < -0.4 is 5.32 Å². The number of rotatable bonds is 4. The smallest absolute Gasteiger partial charge is 0.103 e. The third-order valence-electron chi connectivity index (χ3n) is 3.52. The lowest BCUT2D eigenvalue weighted by Crippen LogP contribution is -2.22. The summed E-state index contributed by atoms with van der Waals surface area (Å²) in [5.74, 6) is 0.662. The number of nitrogens with zero attached hydrogens (tertiary/aromatic N) is 2. The van der Waals surface area contributed by atoms with Gasteiger partial charge in [0.15, 0.2) is 0 Å². The van der Waals surface area contributed by atoms with E-state index in [9.17, 15) is 0 Å². The van der Waals surface area contributed by atoms with E-state index in [1.807, 2.05) is 12.1 Å². The molecule has 0 amide bonds. The molecule has 1 heterocycles. The summed E-state index contributed by atoms with van der Waals surface area (Å²) < 4.78 is 0. The van der Waals surface area contributed by atoms with Gasteiger partial charge in [0.1, 0.15) is 6.07 Å². The Morgan fingerprint density at radius 3 is 3.06 bits per heavy atom. The fourth-order valence-corrected chi connectivity index (χ4v) is 2.62. The Balaban J connectivity index is 1.95. The number of nitrogens with one attached hydrogen (secondary N) is 1. The molecule has 1 N–H and O–H groups in total. The minimum atomic E-state index is 0.518. The molecular weight excluding hydrogens is 246 g/mol. The van der Waals surface area contributed by atoms with Crippen LogP contribution in [0.3, 0.4) is 0 Å². The Morgan fingerprint density at radius 2 is 2.39 bits per heavy atom. The molecule has 1 unspecified atom stereocenters. The maximum atomic E-state index is 9.09. The van der Waals surface area contributed by atoms with Crippen LogP contribution in [0, 0.1) is 17.2 Å². The van der Waals surface area contributed by atoms with E-state index in [0.717, 1.165) is 25.3 Å². The molecule has 0 saturated carbocycles. The van der Waals surface area contributed by atoms with E-state index in [1.54, 1.807) is 6.07 Å². The number of halogens is 1. The van der Waals surface area contributed by atoms with Gasteiger partial charge in [0.2, 0.25) is 0 Å². The first kappa shape index (κ1) is 13.2. The molecule has 0 spiro atoms. The second-order valence-electron chi connectivity index (χ2n) is 4.70. The maximum Gasteiger partial charge on any atom is 0.103 e. The first-order valence-electron chi connectivity index (χ1n) is 6.39. The summed E-state index contributed by atoms with van der Waals surface area (Å²) in [5, 5.41) is 13.0. The second kappa shape index (κ2) is 6.08. The van der Waals surface area contributed by atoms with Gasteiger partial charge in [-0.05, 0) is 37.6 Å². The molecule has 3 nitrogen and oxygen atoms in total. The van der Waals surface area contributed by atoms with Gasteiger partial charge in [0, 0.05) is 13.1 Å². The van der Waals surface area contributed by atoms with Gasteiger partial charge in [0.25, 0.3) is 0 Å². The molecule has 1 aromatic rings. The van der Waals surface area contributed by atoms with Gasteiger partial charge in [-0.15, -0.1) is 0 Å². The van der Waals surface area contributed by atoms with Crippen molar-refractivity contribution in [1.82, 2.24) is 4.90 Å². The van der Waals surface area contributed by atoms with Crippen LogP contribution >= 0.6 is 11.6 Å². The predicted molar refractivity (Wildman–Crippen MR) is 74.9 cm³/mol. The van der Waals surface area contributed by atoms with E-state index in [4.69, 9.17) is 16.9 Å². The van der Waals surface area contributed by atoms with Gasteiger partial charge < -0.3 is 10.2 Å². The number of likely N-dealkylation sites (tertiary alicyclic amines) is 1. The highest BCUT2D eigenvalue weighted by molar-refractivity contribution is 6.32. The van der Waals surface area contributed by atoms with Crippen molar-refractivity contribution in [2.75, 3.05) is 31.5 Å². The third kappa shape index (κ3) is 2.95. The van der Waals surface area contributed by atoms with Crippen molar-refractivity contribution >= 4 is 17.3 Å². The number of benzene rings is 1. The Morgan fingerprint density at radius 1 is 1.56 bits per heavy atom. The highest BCUT2D eigenvalue weighted by Crippen LogP contribution is 2.24. The van der Waals surface area contributed by atoms with Gasteiger partial charge in [-0.2, -0.15) is 5.26 Å². The lowest BCUT2D eigenvalue weighted by Gasteiger charge is -2.15. The van der Waals surface area contributed by atoms with Crippen molar-refractivity contribution in [3.8, 4) is 6.07 Å². The Bertz CT molecular complexity index is 453. The van der Waals surface area contributed by atoms with Gasteiger partial charge in [0.05, 0.1) is 16.3 Å². The molecule has 18 heavy (non-hydrogen) atoms. The van der Waals surface area contributed by atoms with Crippen LogP contribution in [0.25, 0.3) is 0 Å². The summed E-state index contributed by atoms with van der Waals surface area (Å²) in [7, 11) is 0. The number of hydrogen-bond donors (Lipinski definition) is 1. The van der Waals surface area contributed by atoms with E-state index in [1.165, 1.54) is 13.0 Å². The molecule has 1 atom stereocenters. The zero-order valence-electron chi connectivity index (χ0n) is 10.6. The van der Waals surface area contributed by atoms with Gasteiger partial charge in [-0.1, -0.05) is 24.6 Å². The van der Waals surface area contributed by atoms with Crippen molar-refractivity contribution in [2.24, 2.45) is 5.92 Å². The van der Waals surface area contributed by atoms with Gasteiger partial charge in [-0.3, -0.25) is 0 Å². The molecule has 0 aromatic heterocycles. The van der Waals surface area contributed by atoms with Crippen molar-refractivity contribution in [1.29, 1.82) is 5.26 Å². The first-order chi connectivity index (χ1) is 8.74. The largest absolute Gasteiger partial charge is 0.384 e.